The molecule has 0 bridgehead atoms. The number of anilines is 1. The number of ether oxygens (including phenoxy) is 1. The number of nitrogens with one attached hydrogen (secondary N) is 1. The lowest BCUT2D eigenvalue weighted by atomic mass is 10.2. The Hall–Kier alpha value is -1.10. The molecule has 0 amide bonds. The molecular weight excluding hydrogens is 262 g/mol. The van der Waals surface area contributed by atoms with E-state index in [0.717, 1.165) is 39.3 Å². The van der Waals surface area contributed by atoms with Gasteiger partial charge in [-0.15, -0.1) is 0 Å². The second kappa shape index (κ2) is 8.37. The molecule has 21 heavy (non-hydrogen) atoms. The quantitative estimate of drug-likeness (QED) is 0.829. The predicted molar refractivity (Wildman–Crippen MR) is 89.0 cm³/mol. The first-order valence-corrected chi connectivity index (χ1v) is 7.97. The summed E-state index contributed by atoms with van der Waals surface area (Å²) in [6.07, 6.45) is 0. The van der Waals surface area contributed by atoms with Crippen molar-refractivity contribution in [2.45, 2.75) is 25.9 Å². The molecule has 0 saturated carbocycles. The third-order valence-electron chi connectivity index (χ3n) is 4.07. The summed E-state index contributed by atoms with van der Waals surface area (Å²) in [5.74, 6) is 0. The minimum atomic E-state index is 0.468. The number of rotatable bonds is 7. The van der Waals surface area contributed by atoms with E-state index in [-0.39, 0.29) is 0 Å². The van der Waals surface area contributed by atoms with Crippen LogP contribution in [0.25, 0.3) is 0 Å². The molecular formula is C17H29N3O. The molecule has 4 nitrogen and oxygen atoms in total. The SMILES string of the molecule is COCC(CNC(C)C)N1CCN(c2ccccc2)CC1. The number of para-hydroxylation sites is 1. The van der Waals surface area contributed by atoms with Crippen LogP contribution in [-0.4, -0.2) is 63.4 Å². The third kappa shape index (κ3) is 4.99. The highest BCUT2D eigenvalue weighted by atomic mass is 16.5. The first-order valence-electron chi connectivity index (χ1n) is 7.97. The van der Waals surface area contributed by atoms with Gasteiger partial charge in [-0.3, -0.25) is 4.90 Å². The molecule has 4 heteroatoms. The average Bonchev–Trinajstić information content (AvgIpc) is 2.52. The molecule has 1 fully saturated rings. The highest BCUT2D eigenvalue weighted by Gasteiger charge is 2.23. The van der Waals surface area contributed by atoms with Crippen LogP contribution in [0.5, 0.6) is 0 Å². The molecule has 1 unspecified atom stereocenters. The monoisotopic (exact) mass is 291 g/mol. The predicted octanol–water partition coefficient (Wildman–Crippen LogP) is 1.82. The van der Waals surface area contributed by atoms with E-state index >= 15 is 0 Å². The van der Waals surface area contributed by atoms with E-state index in [1.54, 1.807) is 7.11 Å². The molecule has 1 saturated heterocycles. The fourth-order valence-electron chi connectivity index (χ4n) is 2.84. The van der Waals surface area contributed by atoms with Gasteiger partial charge in [-0.05, 0) is 12.1 Å². The maximum Gasteiger partial charge on any atom is 0.0630 e. The normalized spacial score (nSPS) is 18.2. The number of hydrogen-bond acceptors (Lipinski definition) is 4. The molecule has 1 aliphatic rings. The van der Waals surface area contributed by atoms with Crippen LogP contribution in [0.4, 0.5) is 5.69 Å². The molecule has 2 rings (SSSR count). The van der Waals surface area contributed by atoms with Crippen LogP contribution in [0, 0.1) is 0 Å². The van der Waals surface area contributed by atoms with Crippen LogP contribution < -0.4 is 10.2 Å². The number of methoxy groups -OCH3 is 1. The molecule has 1 aromatic carbocycles. The Bertz CT molecular complexity index is 388. The smallest absolute Gasteiger partial charge is 0.0630 e. The fraction of sp³-hybridized carbons (Fsp3) is 0.647. The van der Waals surface area contributed by atoms with Gasteiger partial charge in [0.25, 0.3) is 0 Å². The summed E-state index contributed by atoms with van der Waals surface area (Å²) in [5, 5.41) is 3.54. The van der Waals surface area contributed by atoms with E-state index in [4.69, 9.17) is 4.74 Å². The average molecular weight is 291 g/mol. The summed E-state index contributed by atoms with van der Waals surface area (Å²) in [4.78, 5) is 5.02. The van der Waals surface area contributed by atoms with Crippen molar-refractivity contribution < 1.29 is 4.74 Å². The standard InChI is InChI=1S/C17H29N3O/c1-15(2)18-13-17(14-21-3)20-11-9-19(10-12-20)16-7-5-4-6-8-16/h4-8,15,17-18H,9-14H2,1-3H3. The zero-order chi connectivity index (χ0) is 15.1. The summed E-state index contributed by atoms with van der Waals surface area (Å²) in [6.45, 7) is 10.6. The van der Waals surface area contributed by atoms with Gasteiger partial charge in [0.1, 0.15) is 0 Å². The zero-order valence-corrected chi connectivity index (χ0v) is 13.6. The molecule has 1 aliphatic heterocycles. The molecule has 1 atom stereocenters. The first-order chi connectivity index (χ1) is 10.2. The highest BCUT2D eigenvalue weighted by Crippen LogP contribution is 2.16. The van der Waals surface area contributed by atoms with Crippen molar-refractivity contribution in [3.05, 3.63) is 30.3 Å². The van der Waals surface area contributed by atoms with Gasteiger partial charge in [-0.25, -0.2) is 0 Å². The number of nitrogens with zero attached hydrogens (tertiary/aromatic N) is 2. The minimum Gasteiger partial charge on any atom is -0.383 e. The van der Waals surface area contributed by atoms with E-state index in [1.165, 1.54) is 5.69 Å². The number of benzene rings is 1. The molecule has 118 valence electrons. The van der Waals surface area contributed by atoms with E-state index in [1.807, 2.05) is 0 Å². The first kappa shape index (κ1) is 16.3. The lowest BCUT2D eigenvalue weighted by molar-refractivity contribution is 0.0841. The summed E-state index contributed by atoms with van der Waals surface area (Å²) in [7, 11) is 1.79. The Balaban J connectivity index is 1.85. The van der Waals surface area contributed by atoms with E-state index in [2.05, 4.69) is 59.3 Å². The lowest BCUT2D eigenvalue weighted by Gasteiger charge is -2.40. The summed E-state index contributed by atoms with van der Waals surface area (Å²) in [5.41, 5.74) is 1.33. The molecule has 0 radical (unpaired) electrons. The van der Waals surface area contributed by atoms with Crippen molar-refractivity contribution in [2.75, 3.05) is 51.3 Å². The van der Waals surface area contributed by atoms with Gasteiger partial charge in [-0.1, -0.05) is 32.0 Å². The van der Waals surface area contributed by atoms with Gasteiger partial charge in [0.2, 0.25) is 0 Å². The van der Waals surface area contributed by atoms with Crippen LogP contribution in [0.3, 0.4) is 0 Å². The van der Waals surface area contributed by atoms with Crippen molar-refractivity contribution in [3.63, 3.8) is 0 Å². The van der Waals surface area contributed by atoms with E-state index in [0.29, 0.717) is 12.1 Å². The van der Waals surface area contributed by atoms with Crippen LogP contribution in [0.15, 0.2) is 30.3 Å². The van der Waals surface area contributed by atoms with Crippen molar-refractivity contribution in [1.29, 1.82) is 0 Å². The van der Waals surface area contributed by atoms with Crippen LogP contribution >= 0.6 is 0 Å². The fourth-order valence-corrected chi connectivity index (χ4v) is 2.84. The molecule has 0 aliphatic carbocycles. The Morgan fingerprint density at radius 2 is 1.76 bits per heavy atom. The number of piperazine rings is 1. The Morgan fingerprint density at radius 1 is 1.10 bits per heavy atom. The maximum atomic E-state index is 5.41. The third-order valence-corrected chi connectivity index (χ3v) is 4.07. The highest BCUT2D eigenvalue weighted by molar-refractivity contribution is 5.46. The lowest BCUT2D eigenvalue weighted by Crippen LogP contribution is -2.54. The van der Waals surface area contributed by atoms with Gasteiger partial charge in [-0.2, -0.15) is 0 Å². The molecule has 1 aromatic rings. The summed E-state index contributed by atoms with van der Waals surface area (Å²) >= 11 is 0. The largest absolute Gasteiger partial charge is 0.383 e. The van der Waals surface area contributed by atoms with Gasteiger partial charge in [0.15, 0.2) is 0 Å². The zero-order valence-electron chi connectivity index (χ0n) is 13.6. The maximum absolute atomic E-state index is 5.41. The molecule has 0 aromatic heterocycles. The molecule has 1 N–H and O–H groups in total. The summed E-state index contributed by atoms with van der Waals surface area (Å²) in [6, 6.07) is 11.7. The topological polar surface area (TPSA) is 27.7 Å². The van der Waals surface area contributed by atoms with Crippen LogP contribution in [-0.2, 0) is 4.74 Å². The number of hydrogen-bond donors (Lipinski definition) is 1. The van der Waals surface area contributed by atoms with Crippen molar-refractivity contribution in [3.8, 4) is 0 Å². The van der Waals surface area contributed by atoms with Crippen molar-refractivity contribution in [2.24, 2.45) is 0 Å². The van der Waals surface area contributed by atoms with Gasteiger partial charge < -0.3 is 15.0 Å². The van der Waals surface area contributed by atoms with E-state index in [9.17, 15) is 0 Å². The Labute approximate surface area is 129 Å². The van der Waals surface area contributed by atoms with Gasteiger partial charge in [0.05, 0.1) is 6.61 Å². The Kier molecular flexibility index (Phi) is 6.49. The van der Waals surface area contributed by atoms with Crippen molar-refractivity contribution >= 4 is 5.69 Å². The second-order valence-corrected chi connectivity index (χ2v) is 6.03. The minimum absolute atomic E-state index is 0.468. The van der Waals surface area contributed by atoms with Crippen LogP contribution in [0.2, 0.25) is 0 Å². The molecule has 1 heterocycles. The van der Waals surface area contributed by atoms with Crippen molar-refractivity contribution in [1.82, 2.24) is 10.2 Å². The second-order valence-electron chi connectivity index (χ2n) is 6.03. The Morgan fingerprint density at radius 3 is 2.33 bits per heavy atom. The van der Waals surface area contributed by atoms with Crippen LogP contribution in [0.1, 0.15) is 13.8 Å². The van der Waals surface area contributed by atoms with Gasteiger partial charge in [0, 0.05) is 57.6 Å². The molecule has 0 spiro atoms. The summed E-state index contributed by atoms with van der Waals surface area (Å²) < 4.78 is 5.41. The van der Waals surface area contributed by atoms with Gasteiger partial charge >= 0.3 is 0 Å². The van der Waals surface area contributed by atoms with E-state index < -0.39 is 0 Å².